The maximum absolute atomic E-state index is 12.3. The van der Waals surface area contributed by atoms with Crippen LogP contribution in [0.5, 0.6) is 0 Å². The molecule has 0 fully saturated rings. The normalized spacial score (nSPS) is 11.8. The molecule has 0 unspecified atom stereocenters. The molecule has 0 aliphatic carbocycles. The molecule has 10 heteroatoms. The Labute approximate surface area is 151 Å². The Morgan fingerprint density at radius 1 is 1.29 bits per heavy atom. The average molecular weight is 404 g/mol. The Hall–Kier alpha value is -1.61. The molecule has 3 aromatic rings. The van der Waals surface area contributed by atoms with Gasteiger partial charge in [-0.1, -0.05) is 34.5 Å². The van der Waals surface area contributed by atoms with Crippen LogP contribution in [0.2, 0.25) is 10.2 Å². The van der Waals surface area contributed by atoms with Gasteiger partial charge in [-0.25, -0.2) is 13.4 Å². The van der Waals surface area contributed by atoms with Crippen molar-refractivity contribution < 1.29 is 13.2 Å². The molecule has 0 radical (unpaired) electrons. The van der Waals surface area contributed by atoms with E-state index in [1.807, 2.05) is 0 Å². The maximum Gasteiger partial charge on any atom is 0.274 e. The van der Waals surface area contributed by atoms with Gasteiger partial charge in [0, 0.05) is 13.3 Å². The van der Waals surface area contributed by atoms with Crippen molar-refractivity contribution in [3.05, 3.63) is 40.1 Å². The fraction of sp³-hybridized carbons (Fsp3) is 0.143. The Morgan fingerprint density at radius 2 is 2.00 bits per heavy atom. The second kappa shape index (κ2) is 6.03. The van der Waals surface area contributed by atoms with E-state index in [-0.39, 0.29) is 15.1 Å². The maximum atomic E-state index is 12.3. The molecular formula is C14H11Cl2N3O3S2. The number of carbonyl (C=O) groups excluding carboxylic acids is 1. The summed E-state index contributed by atoms with van der Waals surface area (Å²) < 4.78 is 25.3. The van der Waals surface area contributed by atoms with Gasteiger partial charge in [-0.2, -0.15) is 0 Å². The monoisotopic (exact) mass is 403 g/mol. The molecule has 6 nitrogen and oxygen atoms in total. The van der Waals surface area contributed by atoms with Crippen LogP contribution in [0.1, 0.15) is 10.5 Å². The number of anilines is 1. The van der Waals surface area contributed by atoms with Gasteiger partial charge in [0.2, 0.25) is 0 Å². The summed E-state index contributed by atoms with van der Waals surface area (Å²) in [6, 6.07) is 6.09. The molecule has 1 aromatic carbocycles. The minimum absolute atomic E-state index is 0.206. The van der Waals surface area contributed by atoms with Gasteiger partial charge in [-0.3, -0.25) is 10.1 Å². The minimum atomic E-state index is -3.30. The van der Waals surface area contributed by atoms with Gasteiger partial charge in [0.1, 0.15) is 10.8 Å². The Morgan fingerprint density at radius 3 is 2.58 bits per heavy atom. The molecule has 0 aliphatic heterocycles. The highest BCUT2D eigenvalue weighted by atomic mass is 35.5. The van der Waals surface area contributed by atoms with Crippen LogP contribution in [0.25, 0.3) is 10.2 Å². The largest absolute Gasteiger partial charge is 0.329 e. The van der Waals surface area contributed by atoms with Crippen molar-refractivity contribution in [2.45, 2.75) is 4.90 Å². The molecule has 126 valence electrons. The first-order valence-corrected chi connectivity index (χ1v) is 10.1. The van der Waals surface area contributed by atoms with E-state index in [0.29, 0.717) is 21.0 Å². The van der Waals surface area contributed by atoms with Crippen molar-refractivity contribution in [3.63, 3.8) is 0 Å². The van der Waals surface area contributed by atoms with Crippen LogP contribution in [0.15, 0.2) is 29.2 Å². The molecule has 0 atom stereocenters. The number of hydrogen-bond donors (Lipinski definition) is 1. The van der Waals surface area contributed by atoms with Crippen LogP contribution in [0.4, 0.5) is 5.13 Å². The third-order valence-electron chi connectivity index (χ3n) is 3.36. The molecule has 2 aromatic heterocycles. The van der Waals surface area contributed by atoms with E-state index in [1.165, 1.54) is 34.1 Å². The summed E-state index contributed by atoms with van der Waals surface area (Å²) >= 11 is 13.0. The zero-order valence-electron chi connectivity index (χ0n) is 12.5. The zero-order chi connectivity index (χ0) is 17.6. The van der Waals surface area contributed by atoms with Crippen molar-refractivity contribution >= 4 is 65.6 Å². The van der Waals surface area contributed by atoms with Crippen molar-refractivity contribution in [3.8, 4) is 0 Å². The predicted molar refractivity (Wildman–Crippen MR) is 96.1 cm³/mol. The SMILES string of the molecule is Cn1c(C(=O)Nc2nc3ccc(S(C)(=O)=O)cc3s2)cc(Cl)c1Cl. The highest BCUT2D eigenvalue weighted by Gasteiger charge is 2.18. The van der Waals surface area contributed by atoms with Gasteiger partial charge in [-0.15, -0.1) is 0 Å². The third kappa shape index (κ3) is 3.14. The molecule has 3 rings (SSSR count). The summed E-state index contributed by atoms with van der Waals surface area (Å²) in [5.74, 6) is -0.409. The quantitative estimate of drug-likeness (QED) is 0.723. The van der Waals surface area contributed by atoms with Gasteiger partial charge in [-0.05, 0) is 24.3 Å². The van der Waals surface area contributed by atoms with Crippen LogP contribution in [0.3, 0.4) is 0 Å². The van der Waals surface area contributed by atoms with E-state index >= 15 is 0 Å². The molecule has 0 spiro atoms. The summed E-state index contributed by atoms with van der Waals surface area (Å²) in [4.78, 5) is 16.8. The van der Waals surface area contributed by atoms with Crippen molar-refractivity contribution in [2.24, 2.45) is 7.05 Å². The molecule has 0 saturated carbocycles. The van der Waals surface area contributed by atoms with Gasteiger partial charge < -0.3 is 4.57 Å². The fourth-order valence-corrected chi connectivity index (χ4v) is 4.11. The first kappa shape index (κ1) is 17.2. The number of nitrogens with zero attached hydrogens (tertiary/aromatic N) is 2. The molecule has 0 bridgehead atoms. The molecule has 24 heavy (non-hydrogen) atoms. The van der Waals surface area contributed by atoms with E-state index in [0.717, 1.165) is 6.26 Å². The second-order valence-corrected chi connectivity index (χ2v) is 8.91. The van der Waals surface area contributed by atoms with Crippen LogP contribution >= 0.6 is 34.5 Å². The molecule has 1 N–H and O–H groups in total. The van der Waals surface area contributed by atoms with Gasteiger partial charge in [0.05, 0.1) is 20.1 Å². The van der Waals surface area contributed by atoms with Crippen LogP contribution < -0.4 is 5.32 Å². The summed E-state index contributed by atoms with van der Waals surface area (Å²) in [5, 5.41) is 3.58. The highest BCUT2D eigenvalue weighted by Crippen LogP contribution is 2.29. The number of carbonyl (C=O) groups is 1. The average Bonchev–Trinajstić information content (AvgIpc) is 3.01. The number of halogens is 2. The molecule has 1 amide bonds. The van der Waals surface area contributed by atoms with E-state index in [1.54, 1.807) is 13.1 Å². The summed E-state index contributed by atoms with van der Waals surface area (Å²) in [6.07, 6.45) is 1.14. The van der Waals surface area contributed by atoms with Crippen molar-refractivity contribution in [1.82, 2.24) is 9.55 Å². The van der Waals surface area contributed by atoms with E-state index in [9.17, 15) is 13.2 Å². The Kier molecular flexibility index (Phi) is 4.33. The lowest BCUT2D eigenvalue weighted by Gasteiger charge is -2.03. The molecular weight excluding hydrogens is 393 g/mol. The van der Waals surface area contributed by atoms with Crippen molar-refractivity contribution in [1.29, 1.82) is 0 Å². The van der Waals surface area contributed by atoms with Gasteiger partial charge in [0.15, 0.2) is 15.0 Å². The smallest absolute Gasteiger partial charge is 0.274 e. The van der Waals surface area contributed by atoms with E-state index in [2.05, 4.69) is 10.3 Å². The molecule has 0 aliphatic rings. The zero-order valence-corrected chi connectivity index (χ0v) is 15.6. The standard InChI is InChI=1S/C14H11Cl2N3O3S2/c1-19-10(6-8(15)12(19)16)13(20)18-14-17-9-4-3-7(24(2,21)22)5-11(9)23-14/h3-6H,1-2H3,(H,17,18,20). The van der Waals surface area contributed by atoms with Crippen LogP contribution in [-0.2, 0) is 16.9 Å². The Balaban J connectivity index is 1.93. The first-order chi connectivity index (χ1) is 11.2. The first-order valence-electron chi connectivity index (χ1n) is 6.59. The number of rotatable bonds is 3. The van der Waals surface area contributed by atoms with E-state index in [4.69, 9.17) is 23.2 Å². The van der Waals surface area contributed by atoms with Gasteiger partial charge in [0.25, 0.3) is 5.91 Å². The third-order valence-corrected chi connectivity index (χ3v) is 6.24. The molecule has 2 heterocycles. The fourth-order valence-electron chi connectivity index (χ4n) is 2.11. The van der Waals surface area contributed by atoms with E-state index < -0.39 is 15.7 Å². The second-order valence-electron chi connectivity index (χ2n) is 5.10. The number of hydrogen-bond acceptors (Lipinski definition) is 5. The number of nitrogens with one attached hydrogen (secondary N) is 1. The van der Waals surface area contributed by atoms with Crippen molar-refractivity contribution in [2.75, 3.05) is 11.6 Å². The minimum Gasteiger partial charge on any atom is -0.329 e. The topological polar surface area (TPSA) is 81.1 Å². The van der Waals surface area contributed by atoms with Crippen LogP contribution in [-0.4, -0.2) is 30.1 Å². The van der Waals surface area contributed by atoms with Crippen LogP contribution in [0, 0.1) is 0 Å². The predicted octanol–water partition coefficient (Wildman–Crippen LogP) is 3.60. The lowest BCUT2D eigenvalue weighted by atomic mass is 10.3. The lowest BCUT2D eigenvalue weighted by molar-refractivity contribution is 0.101. The molecule has 0 saturated heterocycles. The highest BCUT2D eigenvalue weighted by molar-refractivity contribution is 7.90. The number of thiazole rings is 1. The summed E-state index contributed by atoms with van der Waals surface area (Å²) in [6.45, 7) is 0. The number of amides is 1. The summed E-state index contributed by atoms with van der Waals surface area (Å²) in [7, 11) is -1.67. The number of fused-ring (bicyclic) bond motifs is 1. The number of benzene rings is 1. The Bertz CT molecular complexity index is 1070. The number of sulfone groups is 1. The summed E-state index contributed by atoms with van der Waals surface area (Å²) in [5.41, 5.74) is 0.895. The lowest BCUT2D eigenvalue weighted by Crippen LogP contribution is -2.15. The van der Waals surface area contributed by atoms with Gasteiger partial charge >= 0.3 is 0 Å². The number of aromatic nitrogens is 2.